The van der Waals surface area contributed by atoms with Gasteiger partial charge in [0.15, 0.2) is 0 Å². The van der Waals surface area contributed by atoms with Gasteiger partial charge < -0.3 is 25.1 Å². The third-order valence-electron chi connectivity index (χ3n) is 2.32. The Balaban J connectivity index is 3.27. The summed E-state index contributed by atoms with van der Waals surface area (Å²) in [6.45, 7) is 0. The molecule has 0 saturated heterocycles. The van der Waals surface area contributed by atoms with E-state index in [4.69, 9.17) is 15.2 Å². The molecule has 1 rings (SSSR count). The van der Waals surface area contributed by atoms with Crippen molar-refractivity contribution in [2.45, 2.75) is 6.04 Å². The SMILES string of the molecule is COC(=O)[C@@H](N)c1c(O)cc(OC)cc1OC. The molecule has 6 heteroatoms. The van der Waals surface area contributed by atoms with Crippen LogP contribution in [-0.4, -0.2) is 32.4 Å². The van der Waals surface area contributed by atoms with Gasteiger partial charge in [-0.25, -0.2) is 4.79 Å². The van der Waals surface area contributed by atoms with Crippen molar-refractivity contribution in [2.75, 3.05) is 21.3 Å². The van der Waals surface area contributed by atoms with E-state index in [1.807, 2.05) is 0 Å². The Labute approximate surface area is 98.9 Å². The molecule has 0 radical (unpaired) electrons. The maximum Gasteiger partial charge on any atom is 0.327 e. The summed E-state index contributed by atoms with van der Waals surface area (Å²) in [5.41, 5.74) is 5.83. The molecule has 17 heavy (non-hydrogen) atoms. The summed E-state index contributed by atoms with van der Waals surface area (Å²) >= 11 is 0. The molecule has 0 unspecified atom stereocenters. The van der Waals surface area contributed by atoms with Gasteiger partial charge in [0, 0.05) is 12.1 Å². The molecule has 0 aliphatic heterocycles. The van der Waals surface area contributed by atoms with Gasteiger partial charge in [0.1, 0.15) is 23.3 Å². The van der Waals surface area contributed by atoms with Gasteiger partial charge in [-0.15, -0.1) is 0 Å². The van der Waals surface area contributed by atoms with Crippen LogP contribution in [0.2, 0.25) is 0 Å². The lowest BCUT2D eigenvalue weighted by Gasteiger charge is -2.16. The van der Waals surface area contributed by atoms with Crippen molar-refractivity contribution in [3.8, 4) is 17.2 Å². The van der Waals surface area contributed by atoms with Gasteiger partial charge in [-0.1, -0.05) is 0 Å². The van der Waals surface area contributed by atoms with Crippen LogP contribution in [0.3, 0.4) is 0 Å². The molecule has 6 nitrogen and oxygen atoms in total. The quantitative estimate of drug-likeness (QED) is 0.749. The van der Waals surface area contributed by atoms with E-state index in [1.165, 1.54) is 33.5 Å². The smallest absolute Gasteiger partial charge is 0.327 e. The third-order valence-corrected chi connectivity index (χ3v) is 2.32. The zero-order valence-corrected chi connectivity index (χ0v) is 9.89. The Morgan fingerprint density at radius 1 is 1.29 bits per heavy atom. The Kier molecular flexibility index (Phi) is 4.17. The fourth-order valence-electron chi connectivity index (χ4n) is 1.43. The number of carbonyl (C=O) groups excluding carboxylic acids is 1. The van der Waals surface area contributed by atoms with Crippen LogP contribution >= 0.6 is 0 Å². The zero-order valence-electron chi connectivity index (χ0n) is 9.89. The topological polar surface area (TPSA) is 91.0 Å². The number of nitrogens with two attached hydrogens (primary N) is 1. The first-order valence-electron chi connectivity index (χ1n) is 4.83. The van der Waals surface area contributed by atoms with Crippen molar-refractivity contribution in [3.05, 3.63) is 17.7 Å². The summed E-state index contributed by atoms with van der Waals surface area (Å²) in [5.74, 6) is -0.178. The van der Waals surface area contributed by atoms with E-state index < -0.39 is 12.0 Å². The van der Waals surface area contributed by atoms with E-state index in [0.29, 0.717) is 5.75 Å². The first-order chi connectivity index (χ1) is 8.04. The number of carbonyl (C=O) groups is 1. The van der Waals surface area contributed by atoms with E-state index >= 15 is 0 Å². The molecule has 0 heterocycles. The fraction of sp³-hybridized carbons (Fsp3) is 0.364. The molecular formula is C11H15NO5. The van der Waals surface area contributed by atoms with E-state index in [0.717, 1.165) is 0 Å². The number of phenols is 1. The molecule has 3 N–H and O–H groups in total. The Bertz CT molecular complexity index is 419. The fourth-order valence-corrected chi connectivity index (χ4v) is 1.43. The molecule has 0 aliphatic carbocycles. The first kappa shape index (κ1) is 13.1. The Hall–Kier alpha value is -1.95. The highest BCUT2D eigenvalue weighted by atomic mass is 16.5. The molecule has 1 atom stereocenters. The minimum absolute atomic E-state index is 0.167. The number of ether oxygens (including phenoxy) is 3. The number of methoxy groups -OCH3 is 3. The molecule has 0 amide bonds. The summed E-state index contributed by atoms with van der Waals surface area (Å²) in [5, 5.41) is 9.80. The molecule has 0 aliphatic rings. The summed E-state index contributed by atoms with van der Waals surface area (Å²) in [4.78, 5) is 11.3. The molecule has 0 saturated carbocycles. The standard InChI is InChI=1S/C11H15NO5/c1-15-6-4-7(13)9(8(5-6)16-2)10(12)11(14)17-3/h4-5,10,13H,12H2,1-3H3/t10-/m0/s1. The van der Waals surface area contributed by atoms with E-state index in [2.05, 4.69) is 4.74 Å². The lowest BCUT2D eigenvalue weighted by molar-refractivity contribution is -0.142. The van der Waals surface area contributed by atoms with E-state index in [-0.39, 0.29) is 17.1 Å². The van der Waals surface area contributed by atoms with Gasteiger partial charge in [-0.2, -0.15) is 0 Å². The van der Waals surface area contributed by atoms with Crippen LogP contribution in [0.5, 0.6) is 17.2 Å². The van der Waals surface area contributed by atoms with Crippen LogP contribution in [0.15, 0.2) is 12.1 Å². The summed E-state index contributed by atoms with van der Waals surface area (Å²) in [7, 11) is 4.07. The highest BCUT2D eigenvalue weighted by Crippen LogP contribution is 2.37. The van der Waals surface area contributed by atoms with Gasteiger partial charge in [0.2, 0.25) is 0 Å². The van der Waals surface area contributed by atoms with Crippen LogP contribution in [0.1, 0.15) is 11.6 Å². The predicted molar refractivity (Wildman–Crippen MR) is 60.2 cm³/mol. The molecule has 0 fully saturated rings. The second-order valence-corrected chi connectivity index (χ2v) is 3.26. The van der Waals surface area contributed by atoms with Gasteiger partial charge in [-0.05, 0) is 0 Å². The average molecular weight is 241 g/mol. The van der Waals surface area contributed by atoms with Crippen molar-refractivity contribution in [1.82, 2.24) is 0 Å². The lowest BCUT2D eigenvalue weighted by Crippen LogP contribution is -2.23. The molecule has 0 bridgehead atoms. The van der Waals surface area contributed by atoms with Crippen LogP contribution in [0, 0.1) is 0 Å². The maximum absolute atomic E-state index is 11.3. The monoisotopic (exact) mass is 241 g/mol. The number of aromatic hydroxyl groups is 1. The molecule has 94 valence electrons. The predicted octanol–water partition coefficient (Wildman–Crippen LogP) is 0.582. The largest absolute Gasteiger partial charge is 0.507 e. The van der Waals surface area contributed by atoms with Crippen molar-refractivity contribution < 1.29 is 24.1 Å². The number of hydrogen-bond donors (Lipinski definition) is 2. The van der Waals surface area contributed by atoms with Crippen molar-refractivity contribution in [3.63, 3.8) is 0 Å². The van der Waals surface area contributed by atoms with E-state index in [9.17, 15) is 9.90 Å². The molecule has 1 aromatic carbocycles. The van der Waals surface area contributed by atoms with Crippen molar-refractivity contribution in [2.24, 2.45) is 5.73 Å². The lowest BCUT2D eigenvalue weighted by atomic mass is 10.0. The second kappa shape index (κ2) is 5.40. The molecule has 1 aromatic rings. The van der Waals surface area contributed by atoms with Crippen LogP contribution < -0.4 is 15.2 Å². The Morgan fingerprint density at radius 3 is 2.41 bits per heavy atom. The number of rotatable bonds is 4. The van der Waals surface area contributed by atoms with Crippen LogP contribution in [0.25, 0.3) is 0 Å². The summed E-state index contributed by atoms with van der Waals surface area (Å²) < 4.78 is 14.5. The number of phenolic OH excluding ortho intramolecular Hbond substituents is 1. The summed E-state index contributed by atoms with van der Waals surface area (Å²) in [6, 6.07) is 1.76. The highest BCUT2D eigenvalue weighted by Gasteiger charge is 2.25. The second-order valence-electron chi connectivity index (χ2n) is 3.26. The molecule has 0 spiro atoms. The number of esters is 1. The third kappa shape index (κ3) is 2.59. The molecule has 0 aromatic heterocycles. The zero-order chi connectivity index (χ0) is 13.0. The van der Waals surface area contributed by atoms with E-state index in [1.54, 1.807) is 0 Å². The number of hydrogen-bond acceptors (Lipinski definition) is 6. The van der Waals surface area contributed by atoms with Crippen LogP contribution in [0.4, 0.5) is 0 Å². The minimum Gasteiger partial charge on any atom is -0.507 e. The van der Waals surface area contributed by atoms with Crippen molar-refractivity contribution in [1.29, 1.82) is 0 Å². The average Bonchev–Trinajstić information content (AvgIpc) is 2.35. The van der Waals surface area contributed by atoms with Crippen molar-refractivity contribution >= 4 is 5.97 Å². The maximum atomic E-state index is 11.3. The molecular weight excluding hydrogens is 226 g/mol. The number of benzene rings is 1. The minimum atomic E-state index is -1.11. The van der Waals surface area contributed by atoms with Gasteiger partial charge in [0.25, 0.3) is 0 Å². The Morgan fingerprint density at radius 2 is 1.94 bits per heavy atom. The first-order valence-corrected chi connectivity index (χ1v) is 4.83. The summed E-state index contributed by atoms with van der Waals surface area (Å²) in [6.07, 6.45) is 0. The van der Waals surface area contributed by atoms with Gasteiger partial charge >= 0.3 is 5.97 Å². The van der Waals surface area contributed by atoms with Gasteiger partial charge in [-0.3, -0.25) is 0 Å². The normalized spacial score (nSPS) is 11.8. The highest BCUT2D eigenvalue weighted by molar-refractivity contribution is 5.79. The van der Waals surface area contributed by atoms with Gasteiger partial charge in [0.05, 0.1) is 26.9 Å². The van der Waals surface area contributed by atoms with Crippen LogP contribution in [-0.2, 0) is 9.53 Å².